The van der Waals surface area contributed by atoms with E-state index in [9.17, 15) is 9.18 Å². The van der Waals surface area contributed by atoms with Crippen LogP contribution in [0, 0.1) is 5.82 Å². The summed E-state index contributed by atoms with van der Waals surface area (Å²) in [5.41, 5.74) is 1.16. The fourth-order valence-corrected chi connectivity index (χ4v) is 3.50. The number of likely N-dealkylation sites (N-methyl/N-ethyl adjacent to an activating group) is 1. The van der Waals surface area contributed by atoms with Gasteiger partial charge in [-0.2, -0.15) is 0 Å². The Balaban J connectivity index is 1.64. The molecule has 2 amide bonds. The van der Waals surface area contributed by atoms with Gasteiger partial charge < -0.3 is 15.0 Å². The number of carbonyl (C=O) groups excluding carboxylic acids is 1. The minimum Gasteiger partial charge on any atom is -0.375 e. The minimum absolute atomic E-state index is 0.121. The maximum absolute atomic E-state index is 14.1. The minimum atomic E-state index is -0.276. The van der Waals surface area contributed by atoms with Crippen LogP contribution in [-0.4, -0.2) is 61.3 Å². The molecule has 0 aromatic heterocycles. The molecule has 2 heterocycles. The van der Waals surface area contributed by atoms with Crippen molar-refractivity contribution in [3.8, 4) is 0 Å². The fraction of sp³-hybridized carbons (Fsp3) is 0.611. The first-order valence-corrected chi connectivity index (χ1v) is 8.63. The smallest absolute Gasteiger partial charge is 0.321 e. The molecule has 0 saturated carbocycles. The van der Waals surface area contributed by atoms with Crippen LogP contribution in [0.4, 0.5) is 14.9 Å². The number of halogens is 1. The van der Waals surface area contributed by atoms with E-state index in [0.717, 1.165) is 19.6 Å². The number of piperidine rings is 1. The molecule has 24 heavy (non-hydrogen) atoms. The zero-order chi connectivity index (χ0) is 17.3. The van der Waals surface area contributed by atoms with E-state index < -0.39 is 0 Å². The average molecular weight is 335 g/mol. The second-order valence-corrected chi connectivity index (χ2v) is 7.01. The predicted molar refractivity (Wildman–Crippen MR) is 91.9 cm³/mol. The van der Waals surface area contributed by atoms with Gasteiger partial charge in [0.1, 0.15) is 5.82 Å². The van der Waals surface area contributed by atoms with Crippen LogP contribution in [0.15, 0.2) is 18.2 Å². The second kappa shape index (κ2) is 7.07. The number of ether oxygens (including phenoxy) is 1. The number of nitrogens with one attached hydrogen (secondary N) is 1. The molecule has 0 bridgehead atoms. The van der Waals surface area contributed by atoms with E-state index in [1.165, 1.54) is 6.07 Å². The topological polar surface area (TPSA) is 44.8 Å². The number of benzene rings is 1. The summed E-state index contributed by atoms with van der Waals surface area (Å²) in [5, 5.41) is 2.82. The molecule has 2 fully saturated rings. The SMILES string of the molecule is CC(C)c1ccc(NC(=O)N2CC[C@@H]3OCCN(C)[C@H]3C2)cc1F. The summed E-state index contributed by atoms with van der Waals surface area (Å²) in [6.07, 6.45) is 1.04. The highest BCUT2D eigenvalue weighted by atomic mass is 19.1. The number of hydrogen-bond acceptors (Lipinski definition) is 3. The second-order valence-electron chi connectivity index (χ2n) is 7.01. The lowest BCUT2D eigenvalue weighted by Gasteiger charge is -2.45. The van der Waals surface area contributed by atoms with Gasteiger partial charge in [-0.25, -0.2) is 9.18 Å². The Labute approximate surface area is 142 Å². The first-order valence-electron chi connectivity index (χ1n) is 8.63. The van der Waals surface area contributed by atoms with Gasteiger partial charge in [-0.15, -0.1) is 0 Å². The van der Waals surface area contributed by atoms with Gasteiger partial charge in [-0.3, -0.25) is 4.90 Å². The van der Waals surface area contributed by atoms with Crippen molar-refractivity contribution in [2.24, 2.45) is 0 Å². The molecular weight excluding hydrogens is 309 g/mol. The van der Waals surface area contributed by atoms with Crippen LogP contribution in [0.5, 0.6) is 0 Å². The number of anilines is 1. The lowest BCUT2D eigenvalue weighted by Crippen LogP contribution is -2.60. The Hall–Kier alpha value is -1.66. The molecule has 1 N–H and O–H groups in total. The van der Waals surface area contributed by atoms with E-state index >= 15 is 0 Å². The van der Waals surface area contributed by atoms with Gasteiger partial charge in [0.2, 0.25) is 0 Å². The molecule has 0 unspecified atom stereocenters. The fourth-order valence-electron chi connectivity index (χ4n) is 3.50. The van der Waals surface area contributed by atoms with Crippen molar-refractivity contribution in [2.45, 2.75) is 38.3 Å². The monoisotopic (exact) mass is 335 g/mol. The third-order valence-electron chi connectivity index (χ3n) is 5.02. The summed E-state index contributed by atoms with van der Waals surface area (Å²) in [4.78, 5) is 16.6. The lowest BCUT2D eigenvalue weighted by atomic mass is 9.99. The van der Waals surface area contributed by atoms with Crippen LogP contribution in [0.25, 0.3) is 0 Å². The molecule has 0 radical (unpaired) electrons. The Morgan fingerprint density at radius 3 is 2.88 bits per heavy atom. The quantitative estimate of drug-likeness (QED) is 0.904. The predicted octanol–water partition coefficient (Wildman–Crippen LogP) is 2.89. The van der Waals surface area contributed by atoms with Gasteiger partial charge in [0.05, 0.1) is 18.8 Å². The summed E-state index contributed by atoms with van der Waals surface area (Å²) >= 11 is 0. The maximum atomic E-state index is 14.1. The molecule has 6 heteroatoms. The van der Waals surface area contributed by atoms with Crippen molar-refractivity contribution in [3.05, 3.63) is 29.6 Å². The molecule has 2 saturated heterocycles. The molecule has 2 atom stereocenters. The first-order chi connectivity index (χ1) is 11.5. The molecule has 2 aliphatic heterocycles. The number of hydrogen-bond donors (Lipinski definition) is 1. The molecule has 2 aliphatic rings. The summed E-state index contributed by atoms with van der Waals surface area (Å²) < 4.78 is 19.9. The van der Waals surface area contributed by atoms with Crippen LogP contribution < -0.4 is 5.32 Å². The van der Waals surface area contributed by atoms with Crippen molar-refractivity contribution in [1.29, 1.82) is 0 Å². The van der Waals surface area contributed by atoms with Crippen molar-refractivity contribution >= 4 is 11.7 Å². The van der Waals surface area contributed by atoms with Gasteiger partial charge in [-0.05, 0) is 37.1 Å². The molecule has 5 nitrogen and oxygen atoms in total. The highest BCUT2D eigenvalue weighted by molar-refractivity contribution is 5.89. The molecule has 1 aromatic rings. The van der Waals surface area contributed by atoms with Gasteiger partial charge in [0.25, 0.3) is 0 Å². The number of carbonyl (C=O) groups is 1. The number of amides is 2. The Morgan fingerprint density at radius 1 is 1.38 bits per heavy atom. The van der Waals surface area contributed by atoms with Crippen molar-refractivity contribution in [1.82, 2.24) is 9.80 Å². The third-order valence-corrected chi connectivity index (χ3v) is 5.02. The molecular formula is C18H26FN3O2. The standard InChI is InChI=1S/C18H26FN3O2/c1-12(2)14-5-4-13(10-15(14)19)20-18(23)22-7-6-17-16(11-22)21(3)8-9-24-17/h4-5,10,12,16-17H,6-9,11H2,1-3H3,(H,20,23)/t16-,17-/m0/s1. The van der Waals surface area contributed by atoms with Crippen molar-refractivity contribution < 1.29 is 13.9 Å². The third kappa shape index (κ3) is 3.54. The summed E-state index contributed by atoms with van der Waals surface area (Å²) in [5.74, 6) is -0.155. The van der Waals surface area contributed by atoms with E-state index in [0.29, 0.717) is 24.3 Å². The number of nitrogens with zero attached hydrogens (tertiary/aromatic N) is 2. The molecule has 3 rings (SSSR count). The van der Waals surface area contributed by atoms with Crippen LogP contribution >= 0.6 is 0 Å². The van der Waals surface area contributed by atoms with Crippen molar-refractivity contribution in [2.75, 3.05) is 38.6 Å². The van der Waals surface area contributed by atoms with E-state index in [4.69, 9.17) is 4.74 Å². The summed E-state index contributed by atoms with van der Waals surface area (Å²) in [6, 6.07) is 4.96. The van der Waals surface area contributed by atoms with Gasteiger partial charge in [-0.1, -0.05) is 19.9 Å². The maximum Gasteiger partial charge on any atom is 0.321 e. The normalized spacial score (nSPS) is 24.8. The first kappa shape index (κ1) is 17.2. The van der Waals surface area contributed by atoms with E-state index in [1.807, 2.05) is 13.8 Å². The van der Waals surface area contributed by atoms with Crippen LogP contribution in [0.3, 0.4) is 0 Å². The molecule has 0 aliphatic carbocycles. The highest BCUT2D eigenvalue weighted by Crippen LogP contribution is 2.24. The van der Waals surface area contributed by atoms with Gasteiger partial charge >= 0.3 is 6.03 Å². The van der Waals surface area contributed by atoms with Crippen LogP contribution in [0.1, 0.15) is 31.7 Å². The highest BCUT2D eigenvalue weighted by Gasteiger charge is 2.36. The number of likely N-dealkylation sites (tertiary alicyclic amines) is 1. The lowest BCUT2D eigenvalue weighted by molar-refractivity contribution is -0.0875. The zero-order valence-corrected chi connectivity index (χ0v) is 14.6. The van der Waals surface area contributed by atoms with Crippen LogP contribution in [-0.2, 0) is 4.74 Å². The van der Waals surface area contributed by atoms with Crippen molar-refractivity contribution in [3.63, 3.8) is 0 Å². The average Bonchev–Trinajstić information content (AvgIpc) is 2.54. The van der Waals surface area contributed by atoms with Gasteiger partial charge in [0.15, 0.2) is 0 Å². The largest absolute Gasteiger partial charge is 0.375 e. The summed E-state index contributed by atoms with van der Waals surface area (Å²) in [7, 11) is 2.07. The zero-order valence-electron chi connectivity index (χ0n) is 14.6. The van der Waals surface area contributed by atoms with E-state index in [2.05, 4.69) is 17.3 Å². The van der Waals surface area contributed by atoms with Crippen LogP contribution in [0.2, 0.25) is 0 Å². The number of morpholine rings is 1. The van der Waals surface area contributed by atoms with Gasteiger partial charge in [0, 0.05) is 25.3 Å². The molecule has 0 spiro atoms. The number of rotatable bonds is 2. The Kier molecular flexibility index (Phi) is 5.06. The van der Waals surface area contributed by atoms with E-state index in [1.54, 1.807) is 17.0 Å². The number of urea groups is 1. The summed E-state index contributed by atoms with van der Waals surface area (Å²) in [6.45, 7) is 6.84. The molecule has 1 aromatic carbocycles. The number of fused-ring (bicyclic) bond motifs is 1. The Bertz CT molecular complexity index is 608. The Morgan fingerprint density at radius 2 is 2.17 bits per heavy atom. The van der Waals surface area contributed by atoms with E-state index in [-0.39, 0.29) is 29.9 Å². The molecule has 132 valence electrons.